The lowest BCUT2D eigenvalue weighted by Gasteiger charge is -2.28. The zero-order chi connectivity index (χ0) is 13.9. The topological polar surface area (TPSA) is 63.0 Å². The Balaban J connectivity index is 0.00000121. The molecule has 0 aromatic carbocycles. The number of aliphatic hydroxyl groups is 1. The normalized spacial score (nSPS) is 21.2. The van der Waals surface area contributed by atoms with Gasteiger partial charge in [-0.15, -0.1) is 24.8 Å². The summed E-state index contributed by atoms with van der Waals surface area (Å²) in [5, 5.41) is 13.3. The largest absolute Gasteiger partial charge is 0.392 e. The van der Waals surface area contributed by atoms with Crippen LogP contribution in [0.1, 0.15) is 31.4 Å². The Morgan fingerprint density at radius 3 is 2.95 bits per heavy atom. The highest BCUT2D eigenvalue weighted by molar-refractivity contribution is 5.85. The molecule has 0 saturated carbocycles. The minimum atomic E-state index is -0.187. The van der Waals surface area contributed by atoms with Gasteiger partial charge in [0.25, 0.3) is 0 Å². The molecule has 2 atom stereocenters. The number of piperidine rings is 1. The van der Waals surface area contributed by atoms with Gasteiger partial charge in [-0.3, -0.25) is 0 Å². The van der Waals surface area contributed by atoms with Gasteiger partial charge in [0.15, 0.2) is 5.65 Å². The lowest BCUT2D eigenvalue weighted by atomic mass is 9.97. The predicted molar refractivity (Wildman–Crippen MR) is 93.0 cm³/mol. The number of imidazole rings is 1. The Labute approximate surface area is 143 Å². The van der Waals surface area contributed by atoms with Crippen molar-refractivity contribution in [1.29, 1.82) is 0 Å². The lowest BCUT2D eigenvalue weighted by molar-refractivity contribution is 0.0909. The summed E-state index contributed by atoms with van der Waals surface area (Å²) in [5.74, 6) is 0. The van der Waals surface area contributed by atoms with E-state index in [2.05, 4.69) is 25.9 Å². The molecule has 7 heteroatoms. The molecule has 22 heavy (non-hydrogen) atoms. The third-order valence-corrected chi connectivity index (χ3v) is 4.08. The van der Waals surface area contributed by atoms with E-state index >= 15 is 0 Å². The van der Waals surface area contributed by atoms with Crippen molar-refractivity contribution in [2.45, 2.75) is 51.3 Å². The molecule has 124 valence electrons. The van der Waals surface area contributed by atoms with Crippen molar-refractivity contribution in [3.63, 3.8) is 0 Å². The Morgan fingerprint density at radius 1 is 1.36 bits per heavy atom. The van der Waals surface area contributed by atoms with Gasteiger partial charge in [0.05, 0.1) is 17.9 Å². The molecular weight excluding hydrogens is 323 g/mol. The van der Waals surface area contributed by atoms with E-state index in [0.717, 1.165) is 55.6 Å². The van der Waals surface area contributed by atoms with Crippen molar-refractivity contribution >= 4 is 36.0 Å². The summed E-state index contributed by atoms with van der Waals surface area (Å²) < 4.78 is 2.15. The minimum absolute atomic E-state index is 0. The number of nitrogens with zero attached hydrogens (tertiary/aromatic N) is 3. The first kappa shape index (κ1) is 19.2. The van der Waals surface area contributed by atoms with Crippen LogP contribution in [0, 0.1) is 6.92 Å². The number of pyridine rings is 1. The summed E-state index contributed by atoms with van der Waals surface area (Å²) in [7, 11) is 0. The highest BCUT2D eigenvalue weighted by Crippen LogP contribution is 2.15. The fraction of sp³-hybridized carbons (Fsp3) is 0.600. The molecule has 1 aliphatic heterocycles. The number of hydrogen-bond donors (Lipinski definition) is 2. The van der Waals surface area contributed by atoms with Crippen LogP contribution in [0.4, 0.5) is 0 Å². The van der Waals surface area contributed by atoms with Crippen LogP contribution >= 0.6 is 24.8 Å². The maximum atomic E-state index is 9.94. The molecule has 5 nitrogen and oxygen atoms in total. The van der Waals surface area contributed by atoms with E-state index in [1.54, 1.807) is 0 Å². The van der Waals surface area contributed by atoms with E-state index in [-0.39, 0.29) is 37.0 Å². The third-order valence-electron chi connectivity index (χ3n) is 4.08. The van der Waals surface area contributed by atoms with E-state index in [4.69, 9.17) is 0 Å². The first-order chi connectivity index (χ1) is 9.74. The van der Waals surface area contributed by atoms with Crippen LogP contribution in [0.25, 0.3) is 11.2 Å². The molecule has 1 saturated heterocycles. The van der Waals surface area contributed by atoms with E-state index < -0.39 is 0 Å². The Kier molecular flexibility index (Phi) is 7.56. The average Bonchev–Trinajstić information content (AvgIpc) is 2.83. The first-order valence-electron chi connectivity index (χ1n) is 7.44. The maximum absolute atomic E-state index is 9.94. The van der Waals surface area contributed by atoms with Crippen LogP contribution in [0.15, 0.2) is 18.5 Å². The molecule has 0 bridgehead atoms. The van der Waals surface area contributed by atoms with E-state index in [1.807, 2.05) is 19.3 Å². The van der Waals surface area contributed by atoms with Crippen molar-refractivity contribution in [3.05, 3.63) is 24.2 Å². The number of halogens is 2. The predicted octanol–water partition coefficient (Wildman–Crippen LogP) is 2.48. The van der Waals surface area contributed by atoms with Crippen molar-refractivity contribution in [3.8, 4) is 0 Å². The third kappa shape index (κ3) is 4.32. The molecule has 0 radical (unpaired) electrons. The Hall–Kier alpha value is -0.880. The summed E-state index contributed by atoms with van der Waals surface area (Å²) in [5.41, 5.74) is 2.91. The van der Waals surface area contributed by atoms with Crippen LogP contribution in [-0.4, -0.2) is 38.3 Å². The van der Waals surface area contributed by atoms with E-state index in [0.29, 0.717) is 0 Å². The quantitative estimate of drug-likeness (QED) is 0.892. The van der Waals surface area contributed by atoms with Crippen LogP contribution in [0.2, 0.25) is 0 Å². The van der Waals surface area contributed by atoms with Crippen molar-refractivity contribution in [2.75, 3.05) is 6.54 Å². The number of nitrogens with one attached hydrogen (secondary N) is 1. The van der Waals surface area contributed by atoms with Crippen molar-refractivity contribution < 1.29 is 5.11 Å². The zero-order valence-corrected chi connectivity index (χ0v) is 14.4. The number of aliphatic hydroxyl groups excluding tert-OH is 1. The average molecular weight is 347 g/mol. The van der Waals surface area contributed by atoms with Gasteiger partial charge >= 0.3 is 0 Å². The van der Waals surface area contributed by atoms with Gasteiger partial charge in [-0.2, -0.15) is 0 Å². The monoisotopic (exact) mass is 346 g/mol. The molecule has 0 spiro atoms. The summed E-state index contributed by atoms with van der Waals surface area (Å²) in [4.78, 5) is 8.77. The van der Waals surface area contributed by atoms with Crippen LogP contribution < -0.4 is 5.32 Å². The van der Waals surface area contributed by atoms with E-state index in [9.17, 15) is 5.11 Å². The van der Waals surface area contributed by atoms with Gasteiger partial charge in [-0.25, -0.2) is 9.97 Å². The zero-order valence-electron chi connectivity index (χ0n) is 12.7. The van der Waals surface area contributed by atoms with Crippen LogP contribution in [0.5, 0.6) is 0 Å². The fourth-order valence-electron chi connectivity index (χ4n) is 2.93. The summed E-state index contributed by atoms with van der Waals surface area (Å²) in [6.07, 6.45) is 5.72. The van der Waals surface area contributed by atoms with Crippen LogP contribution in [-0.2, 0) is 6.54 Å². The number of fused-ring (bicyclic) bond motifs is 1. The smallest absolute Gasteiger partial charge is 0.177 e. The molecule has 1 fully saturated rings. The second kappa shape index (κ2) is 8.67. The minimum Gasteiger partial charge on any atom is -0.392 e. The molecular formula is C15H24Cl2N4O. The van der Waals surface area contributed by atoms with Crippen LogP contribution in [0.3, 0.4) is 0 Å². The second-order valence-electron chi connectivity index (χ2n) is 5.65. The highest BCUT2D eigenvalue weighted by Gasteiger charge is 2.21. The SMILES string of the molecule is Cc1ccc2c(ncn2CCC[C@H]2NCCC[C@@H]2O)n1.Cl.Cl. The number of hydrogen-bond acceptors (Lipinski definition) is 4. The molecule has 2 N–H and O–H groups in total. The maximum Gasteiger partial charge on any atom is 0.177 e. The summed E-state index contributed by atoms with van der Waals surface area (Å²) in [6.45, 7) is 3.93. The Morgan fingerprint density at radius 2 is 2.18 bits per heavy atom. The Bertz CT molecular complexity index is 590. The number of rotatable bonds is 4. The molecule has 0 amide bonds. The molecule has 3 rings (SSSR count). The molecule has 2 aromatic heterocycles. The molecule has 1 aliphatic rings. The molecule has 0 aliphatic carbocycles. The number of aryl methyl sites for hydroxylation is 2. The van der Waals surface area contributed by atoms with Gasteiger partial charge in [0.2, 0.25) is 0 Å². The van der Waals surface area contributed by atoms with Crippen molar-refractivity contribution in [2.24, 2.45) is 0 Å². The van der Waals surface area contributed by atoms with Gasteiger partial charge in [0, 0.05) is 18.3 Å². The molecule has 2 aromatic rings. The molecule has 0 unspecified atom stereocenters. The second-order valence-corrected chi connectivity index (χ2v) is 5.65. The fourth-order valence-corrected chi connectivity index (χ4v) is 2.93. The molecule has 3 heterocycles. The summed E-state index contributed by atoms with van der Waals surface area (Å²) in [6, 6.07) is 4.35. The number of aromatic nitrogens is 3. The van der Waals surface area contributed by atoms with E-state index in [1.165, 1.54) is 0 Å². The van der Waals surface area contributed by atoms with Gasteiger partial charge in [-0.1, -0.05) is 0 Å². The first-order valence-corrected chi connectivity index (χ1v) is 7.44. The van der Waals surface area contributed by atoms with Crippen molar-refractivity contribution in [1.82, 2.24) is 19.9 Å². The lowest BCUT2D eigenvalue weighted by Crippen LogP contribution is -2.44. The van der Waals surface area contributed by atoms with Gasteiger partial charge in [-0.05, 0) is 51.3 Å². The highest BCUT2D eigenvalue weighted by atomic mass is 35.5. The summed E-state index contributed by atoms with van der Waals surface area (Å²) >= 11 is 0. The van der Waals surface area contributed by atoms with Gasteiger partial charge < -0.3 is 15.0 Å². The standard InChI is InChI=1S/C15H22N4O.2ClH/c1-11-6-7-13-15(18-11)17-10-19(13)9-3-4-12-14(20)5-2-8-16-12;;/h6-7,10,12,14,16,20H,2-5,8-9H2,1H3;2*1H/t12-,14+;;/m1../s1. The van der Waals surface area contributed by atoms with Gasteiger partial charge in [0.1, 0.15) is 0 Å².